The zero-order valence-corrected chi connectivity index (χ0v) is 11.7. The number of aliphatic hydroxyl groups is 1. The summed E-state index contributed by atoms with van der Waals surface area (Å²) in [6, 6.07) is 1.99. The zero-order chi connectivity index (χ0) is 13.8. The highest BCUT2D eigenvalue weighted by molar-refractivity contribution is 5.09. The van der Waals surface area contributed by atoms with Gasteiger partial charge in [0.15, 0.2) is 12.0 Å². The maximum atomic E-state index is 9.43. The molecule has 1 aromatic rings. The molecule has 0 aromatic carbocycles. The van der Waals surface area contributed by atoms with Crippen molar-refractivity contribution >= 4 is 0 Å². The number of aryl methyl sites for hydroxylation is 2. The fourth-order valence-electron chi connectivity index (χ4n) is 2.91. The highest BCUT2D eigenvalue weighted by atomic mass is 16.8. The van der Waals surface area contributed by atoms with E-state index in [0.29, 0.717) is 0 Å². The van der Waals surface area contributed by atoms with E-state index in [0.717, 1.165) is 11.4 Å². The summed E-state index contributed by atoms with van der Waals surface area (Å²) in [6.07, 6.45) is -1.22. The Hall–Kier alpha value is -0.950. The first-order valence-electron chi connectivity index (χ1n) is 6.56. The van der Waals surface area contributed by atoms with Crippen molar-refractivity contribution < 1.29 is 19.3 Å². The molecule has 0 bridgehead atoms. The fraction of sp³-hybridized carbons (Fsp3) is 0.769. The van der Waals surface area contributed by atoms with Gasteiger partial charge in [-0.3, -0.25) is 0 Å². The van der Waals surface area contributed by atoms with Gasteiger partial charge in [0.05, 0.1) is 12.3 Å². The standard InChI is InChI=1S/C13H20N2O4/c1-7-5-8(2)15(14-7)12-11-10(9(6-16)17-12)18-13(3,4)19-11/h5,9-12,16H,6H2,1-4H3/t9-,10-,11-,12-/m1/s1. The summed E-state index contributed by atoms with van der Waals surface area (Å²) >= 11 is 0. The van der Waals surface area contributed by atoms with Gasteiger partial charge in [-0.1, -0.05) is 0 Å². The van der Waals surface area contributed by atoms with Gasteiger partial charge < -0.3 is 19.3 Å². The quantitative estimate of drug-likeness (QED) is 0.863. The van der Waals surface area contributed by atoms with Crippen LogP contribution in [0.25, 0.3) is 0 Å². The van der Waals surface area contributed by atoms with Crippen molar-refractivity contribution in [3.63, 3.8) is 0 Å². The largest absolute Gasteiger partial charge is 0.394 e. The van der Waals surface area contributed by atoms with Gasteiger partial charge in [-0.15, -0.1) is 0 Å². The predicted molar refractivity (Wildman–Crippen MR) is 66.5 cm³/mol. The van der Waals surface area contributed by atoms with Gasteiger partial charge in [-0.25, -0.2) is 4.68 Å². The number of fused-ring (bicyclic) bond motifs is 1. The van der Waals surface area contributed by atoms with E-state index in [9.17, 15) is 5.11 Å². The van der Waals surface area contributed by atoms with E-state index in [4.69, 9.17) is 14.2 Å². The molecule has 0 saturated carbocycles. The lowest BCUT2D eigenvalue weighted by molar-refractivity contribution is -0.201. The molecule has 1 N–H and O–H groups in total. The van der Waals surface area contributed by atoms with E-state index in [1.165, 1.54) is 0 Å². The number of aromatic nitrogens is 2. The first kappa shape index (κ1) is 13.1. The Kier molecular flexibility index (Phi) is 2.94. The molecular formula is C13H20N2O4. The van der Waals surface area contributed by atoms with Gasteiger partial charge in [-0.2, -0.15) is 5.10 Å². The fourth-order valence-corrected chi connectivity index (χ4v) is 2.91. The van der Waals surface area contributed by atoms with E-state index >= 15 is 0 Å². The minimum Gasteiger partial charge on any atom is -0.394 e. The minimum absolute atomic E-state index is 0.0869. The average Bonchev–Trinajstić information content (AvgIpc) is 2.89. The van der Waals surface area contributed by atoms with Crippen molar-refractivity contribution in [2.75, 3.05) is 6.61 Å². The molecule has 106 valence electrons. The summed E-state index contributed by atoms with van der Waals surface area (Å²) in [4.78, 5) is 0. The normalized spacial score (nSPS) is 36.7. The predicted octanol–water partition coefficient (Wildman–Crippen LogP) is 0.910. The molecule has 0 aliphatic carbocycles. The van der Waals surface area contributed by atoms with Crippen LogP contribution in [0.1, 0.15) is 31.5 Å². The molecule has 0 unspecified atom stereocenters. The molecule has 0 amide bonds. The van der Waals surface area contributed by atoms with Crippen molar-refractivity contribution in [2.45, 2.75) is 58.0 Å². The molecule has 19 heavy (non-hydrogen) atoms. The molecule has 2 saturated heterocycles. The number of hydrogen-bond donors (Lipinski definition) is 1. The second-order valence-electron chi connectivity index (χ2n) is 5.68. The number of ether oxygens (including phenoxy) is 3. The molecule has 2 aliphatic rings. The summed E-state index contributed by atoms with van der Waals surface area (Å²) in [5.41, 5.74) is 1.94. The molecule has 2 aliphatic heterocycles. The van der Waals surface area contributed by atoms with E-state index in [1.54, 1.807) is 0 Å². The Morgan fingerprint density at radius 2 is 2.00 bits per heavy atom. The van der Waals surface area contributed by atoms with Crippen LogP contribution in [0.4, 0.5) is 0 Å². The van der Waals surface area contributed by atoms with Crippen LogP contribution in [-0.4, -0.2) is 45.6 Å². The molecule has 0 radical (unpaired) electrons. The van der Waals surface area contributed by atoms with Crippen LogP contribution in [0.3, 0.4) is 0 Å². The van der Waals surface area contributed by atoms with Gasteiger partial charge in [-0.05, 0) is 33.8 Å². The Balaban J connectivity index is 1.93. The summed E-state index contributed by atoms with van der Waals surface area (Å²) in [7, 11) is 0. The second-order valence-corrected chi connectivity index (χ2v) is 5.68. The molecule has 4 atom stereocenters. The molecule has 0 spiro atoms. The van der Waals surface area contributed by atoms with Gasteiger partial charge in [0.25, 0.3) is 0 Å². The molecule has 3 rings (SSSR count). The molecule has 2 fully saturated rings. The molecule has 3 heterocycles. The second kappa shape index (κ2) is 4.28. The lowest BCUT2D eigenvalue weighted by Gasteiger charge is -2.24. The third-order valence-corrected chi connectivity index (χ3v) is 3.59. The SMILES string of the molecule is Cc1cc(C)n([C@@H]2O[C@H](CO)[C@H]3OC(C)(C)O[C@H]32)n1. The van der Waals surface area contributed by atoms with Crippen molar-refractivity contribution in [2.24, 2.45) is 0 Å². The third kappa shape index (κ3) is 2.08. The van der Waals surface area contributed by atoms with Gasteiger partial charge >= 0.3 is 0 Å². The van der Waals surface area contributed by atoms with Gasteiger partial charge in [0.2, 0.25) is 0 Å². The monoisotopic (exact) mass is 268 g/mol. The number of rotatable bonds is 2. The number of aliphatic hydroxyl groups excluding tert-OH is 1. The van der Waals surface area contributed by atoms with Crippen LogP contribution in [0, 0.1) is 13.8 Å². The number of nitrogens with zero attached hydrogens (tertiary/aromatic N) is 2. The highest BCUT2D eigenvalue weighted by Crippen LogP contribution is 2.43. The molecular weight excluding hydrogens is 248 g/mol. The molecule has 1 aromatic heterocycles. The maximum Gasteiger partial charge on any atom is 0.179 e. The van der Waals surface area contributed by atoms with Crippen LogP contribution in [-0.2, 0) is 14.2 Å². The van der Waals surface area contributed by atoms with E-state index in [1.807, 2.05) is 38.4 Å². The van der Waals surface area contributed by atoms with Crippen molar-refractivity contribution in [3.05, 3.63) is 17.5 Å². The van der Waals surface area contributed by atoms with Crippen LogP contribution >= 0.6 is 0 Å². The molecule has 6 nitrogen and oxygen atoms in total. The smallest absolute Gasteiger partial charge is 0.179 e. The topological polar surface area (TPSA) is 65.7 Å². The summed E-state index contributed by atoms with van der Waals surface area (Å²) in [6.45, 7) is 7.58. The third-order valence-electron chi connectivity index (χ3n) is 3.59. The van der Waals surface area contributed by atoms with E-state index in [2.05, 4.69) is 5.10 Å². The first-order valence-corrected chi connectivity index (χ1v) is 6.56. The summed E-state index contributed by atoms with van der Waals surface area (Å²) in [5, 5.41) is 13.9. The lowest BCUT2D eigenvalue weighted by Crippen LogP contribution is -2.31. The first-order chi connectivity index (χ1) is 8.91. The Morgan fingerprint density at radius 3 is 2.58 bits per heavy atom. The van der Waals surface area contributed by atoms with Crippen LogP contribution in [0.15, 0.2) is 6.07 Å². The van der Waals surface area contributed by atoms with Gasteiger partial charge in [0, 0.05) is 5.69 Å². The van der Waals surface area contributed by atoms with Crippen molar-refractivity contribution in [1.29, 1.82) is 0 Å². The Bertz CT molecular complexity index is 485. The van der Waals surface area contributed by atoms with Crippen molar-refractivity contribution in [1.82, 2.24) is 9.78 Å². The Morgan fingerprint density at radius 1 is 1.32 bits per heavy atom. The Labute approximate surface area is 112 Å². The van der Waals surface area contributed by atoms with E-state index < -0.39 is 5.79 Å². The maximum absolute atomic E-state index is 9.43. The summed E-state index contributed by atoms with van der Waals surface area (Å²) in [5.74, 6) is -0.652. The van der Waals surface area contributed by atoms with Crippen LogP contribution in [0.5, 0.6) is 0 Å². The molecule has 6 heteroatoms. The van der Waals surface area contributed by atoms with Crippen molar-refractivity contribution in [3.8, 4) is 0 Å². The average molecular weight is 268 g/mol. The minimum atomic E-state index is -0.652. The van der Waals surface area contributed by atoms with Crippen LogP contribution in [0.2, 0.25) is 0 Å². The highest BCUT2D eigenvalue weighted by Gasteiger charge is 2.56. The van der Waals surface area contributed by atoms with E-state index in [-0.39, 0.29) is 31.1 Å². The zero-order valence-electron chi connectivity index (χ0n) is 11.7. The summed E-state index contributed by atoms with van der Waals surface area (Å²) < 4.78 is 19.4. The van der Waals surface area contributed by atoms with Gasteiger partial charge in [0.1, 0.15) is 18.3 Å². The van der Waals surface area contributed by atoms with Crippen LogP contribution < -0.4 is 0 Å². The lowest BCUT2D eigenvalue weighted by atomic mass is 10.1. The number of hydrogen-bond acceptors (Lipinski definition) is 5.